The molecule has 1 aliphatic carbocycles. The van der Waals surface area contributed by atoms with Gasteiger partial charge in [-0.3, -0.25) is 4.79 Å². The molecule has 5 heteroatoms. The highest BCUT2D eigenvalue weighted by atomic mass is 79.9. The summed E-state index contributed by atoms with van der Waals surface area (Å²) in [5.41, 5.74) is 0. The van der Waals surface area contributed by atoms with E-state index in [1.807, 2.05) is 30.5 Å². The first-order valence-corrected chi connectivity index (χ1v) is 9.58. The molecule has 126 valence electrons. The molecular formula is C19H22BrN3O. The molecule has 0 atom stereocenters. The third-order valence-corrected chi connectivity index (χ3v) is 5.82. The van der Waals surface area contributed by atoms with Crippen LogP contribution < -0.4 is 5.32 Å². The number of hydrogen-bond donors (Lipinski definition) is 1. The maximum absolute atomic E-state index is 12.4. The second-order valence-corrected chi connectivity index (χ2v) is 7.88. The van der Waals surface area contributed by atoms with E-state index in [2.05, 4.69) is 31.1 Å². The highest BCUT2D eigenvalue weighted by Gasteiger charge is 2.38. The van der Waals surface area contributed by atoms with Crippen LogP contribution in [0.25, 0.3) is 10.8 Å². The van der Waals surface area contributed by atoms with Gasteiger partial charge in [-0.1, -0.05) is 28.4 Å². The van der Waals surface area contributed by atoms with E-state index in [1.54, 1.807) is 0 Å². The molecule has 1 amide bonds. The van der Waals surface area contributed by atoms with Gasteiger partial charge in [-0.25, -0.2) is 4.98 Å². The normalized spacial score (nSPS) is 24.5. The highest BCUT2D eigenvalue weighted by molar-refractivity contribution is 9.10. The van der Waals surface area contributed by atoms with Crippen LogP contribution in [0.5, 0.6) is 0 Å². The number of nitrogens with zero attached hydrogens (tertiary/aromatic N) is 2. The van der Waals surface area contributed by atoms with Gasteiger partial charge in [0.15, 0.2) is 0 Å². The van der Waals surface area contributed by atoms with Crippen molar-refractivity contribution >= 4 is 38.4 Å². The van der Waals surface area contributed by atoms with Crippen molar-refractivity contribution in [2.24, 2.45) is 5.92 Å². The van der Waals surface area contributed by atoms with Gasteiger partial charge in [0.1, 0.15) is 5.82 Å². The molecule has 2 aromatic rings. The number of pyridine rings is 1. The lowest BCUT2D eigenvalue weighted by atomic mass is 9.78. The fraction of sp³-hybridized carbons (Fsp3) is 0.474. The van der Waals surface area contributed by atoms with E-state index in [9.17, 15) is 4.79 Å². The maximum Gasteiger partial charge on any atom is 0.228 e. The van der Waals surface area contributed by atoms with Crippen molar-refractivity contribution in [3.8, 4) is 0 Å². The summed E-state index contributed by atoms with van der Waals surface area (Å²) in [6, 6.07) is 8.62. The van der Waals surface area contributed by atoms with Crippen molar-refractivity contribution in [2.45, 2.75) is 38.1 Å². The number of benzene rings is 1. The molecule has 24 heavy (non-hydrogen) atoms. The third-order valence-electron chi connectivity index (χ3n) is 5.33. The standard InChI is InChI=1S/C19H22BrN3O/c20-16-5-4-13-12-21-18(11-14(13)8-16)22-19(24)15-9-17(10-15)23-6-2-1-3-7-23/h4-5,8,11-12,15,17H,1-3,6-7,9-10H2,(H,21,22,24). The number of halogens is 1. The summed E-state index contributed by atoms with van der Waals surface area (Å²) >= 11 is 3.48. The average molecular weight is 388 g/mol. The predicted molar refractivity (Wildman–Crippen MR) is 100 cm³/mol. The molecule has 1 saturated carbocycles. The fourth-order valence-electron chi connectivity index (χ4n) is 3.79. The van der Waals surface area contributed by atoms with E-state index >= 15 is 0 Å². The Labute approximate surface area is 150 Å². The first-order chi connectivity index (χ1) is 11.7. The van der Waals surface area contributed by atoms with Crippen molar-refractivity contribution in [1.82, 2.24) is 9.88 Å². The van der Waals surface area contributed by atoms with Gasteiger partial charge in [0.2, 0.25) is 5.91 Å². The van der Waals surface area contributed by atoms with Crippen LogP contribution in [0.2, 0.25) is 0 Å². The van der Waals surface area contributed by atoms with Gasteiger partial charge in [-0.15, -0.1) is 0 Å². The maximum atomic E-state index is 12.4. The second kappa shape index (κ2) is 6.81. The predicted octanol–water partition coefficient (Wildman–Crippen LogP) is 4.20. The summed E-state index contributed by atoms with van der Waals surface area (Å²) < 4.78 is 1.03. The summed E-state index contributed by atoms with van der Waals surface area (Å²) in [5, 5.41) is 5.15. The number of carbonyl (C=O) groups excluding carboxylic acids is 1. The van der Waals surface area contributed by atoms with Gasteiger partial charge in [0.05, 0.1) is 0 Å². The molecule has 0 unspecified atom stereocenters. The minimum Gasteiger partial charge on any atom is -0.310 e. The van der Waals surface area contributed by atoms with Gasteiger partial charge in [-0.05, 0) is 62.4 Å². The summed E-state index contributed by atoms with van der Waals surface area (Å²) in [5.74, 6) is 0.897. The molecule has 1 saturated heterocycles. The summed E-state index contributed by atoms with van der Waals surface area (Å²) in [6.45, 7) is 2.42. The molecule has 2 fully saturated rings. The number of piperidine rings is 1. The molecule has 0 bridgehead atoms. The summed E-state index contributed by atoms with van der Waals surface area (Å²) in [4.78, 5) is 19.4. The zero-order valence-corrected chi connectivity index (χ0v) is 15.3. The van der Waals surface area contributed by atoms with Crippen LogP contribution in [-0.2, 0) is 4.79 Å². The van der Waals surface area contributed by atoms with Crippen LogP contribution >= 0.6 is 15.9 Å². The Kier molecular flexibility index (Phi) is 4.55. The van der Waals surface area contributed by atoms with E-state index < -0.39 is 0 Å². The Hall–Kier alpha value is -1.46. The molecule has 1 aromatic carbocycles. The fourth-order valence-corrected chi connectivity index (χ4v) is 4.17. The van der Waals surface area contributed by atoms with Crippen LogP contribution in [0.3, 0.4) is 0 Å². The first-order valence-electron chi connectivity index (χ1n) is 8.79. The molecule has 4 rings (SSSR count). The minimum atomic E-state index is 0.116. The van der Waals surface area contributed by atoms with Crippen LogP contribution in [0.1, 0.15) is 32.1 Å². The molecule has 1 aliphatic heterocycles. The van der Waals surface area contributed by atoms with E-state index in [-0.39, 0.29) is 11.8 Å². The summed E-state index contributed by atoms with van der Waals surface area (Å²) in [6.07, 6.45) is 7.77. The molecule has 2 heterocycles. The Morgan fingerprint density at radius 1 is 1.12 bits per heavy atom. The van der Waals surface area contributed by atoms with Crippen molar-refractivity contribution in [3.05, 3.63) is 34.9 Å². The van der Waals surface area contributed by atoms with Crippen LogP contribution in [0, 0.1) is 5.92 Å². The number of carbonyl (C=O) groups is 1. The lowest BCUT2D eigenvalue weighted by Gasteiger charge is -2.43. The van der Waals surface area contributed by atoms with Crippen LogP contribution in [0.15, 0.2) is 34.9 Å². The van der Waals surface area contributed by atoms with E-state index in [1.165, 1.54) is 32.4 Å². The van der Waals surface area contributed by atoms with Gasteiger partial charge < -0.3 is 10.2 Å². The third kappa shape index (κ3) is 3.33. The van der Waals surface area contributed by atoms with E-state index in [0.717, 1.165) is 28.1 Å². The van der Waals surface area contributed by atoms with Crippen molar-refractivity contribution in [2.75, 3.05) is 18.4 Å². The topological polar surface area (TPSA) is 45.2 Å². The number of rotatable bonds is 3. The number of fused-ring (bicyclic) bond motifs is 1. The minimum absolute atomic E-state index is 0.116. The molecule has 4 nitrogen and oxygen atoms in total. The largest absolute Gasteiger partial charge is 0.310 e. The monoisotopic (exact) mass is 387 g/mol. The molecular weight excluding hydrogens is 366 g/mol. The number of nitrogens with one attached hydrogen (secondary N) is 1. The Morgan fingerprint density at radius 2 is 1.92 bits per heavy atom. The Morgan fingerprint density at radius 3 is 2.71 bits per heavy atom. The van der Waals surface area contributed by atoms with Gasteiger partial charge >= 0.3 is 0 Å². The highest BCUT2D eigenvalue weighted by Crippen LogP contribution is 2.34. The molecule has 1 aromatic heterocycles. The zero-order valence-electron chi connectivity index (χ0n) is 13.7. The smallest absolute Gasteiger partial charge is 0.228 e. The Balaban J connectivity index is 1.36. The van der Waals surface area contributed by atoms with E-state index in [0.29, 0.717) is 11.9 Å². The first kappa shape index (κ1) is 16.0. The van der Waals surface area contributed by atoms with Crippen molar-refractivity contribution in [1.29, 1.82) is 0 Å². The number of likely N-dealkylation sites (tertiary alicyclic amines) is 1. The van der Waals surface area contributed by atoms with Gasteiger partial charge in [0, 0.05) is 28.0 Å². The SMILES string of the molecule is O=C(Nc1cc2cc(Br)ccc2cn1)C1CC(N2CCCCC2)C1. The van der Waals surface area contributed by atoms with Crippen LogP contribution in [0.4, 0.5) is 5.82 Å². The summed E-state index contributed by atoms with van der Waals surface area (Å²) in [7, 11) is 0. The molecule has 1 N–H and O–H groups in total. The average Bonchev–Trinajstić information content (AvgIpc) is 2.54. The molecule has 0 spiro atoms. The molecule has 2 aliphatic rings. The quantitative estimate of drug-likeness (QED) is 0.857. The molecule has 0 radical (unpaired) electrons. The number of aromatic nitrogens is 1. The number of amides is 1. The number of anilines is 1. The lowest BCUT2D eigenvalue weighted by molar-refractivity contribution is -0.124. The second-order valence-electron chi connectivity index (χ2n) is 6.97. The van der Waals surface area contributed by atoms with Gasteiger partial charge in [0.25, 0.3) is 0 Å². The van der Waals surface area contributed by atoms with Crippen LogP contribution in [-0.4, -0.2) is 34.9 Å². The number of hydrogen-bond acceptors (Lipinski definition) is 3. The zero-order chi connectivity index (χ0) is 16.5. The van der Waals surface area contributed by atoms with E-state index in [4.69, 9.17) is 0 Å². The lowest BCUT2D eigenvalue weighted by Crippen LogP contribution is -2.49. The Bertz CT molecular complexity index is 751. The van der Waals surface area contributed by atoms with Crippen molar-refractivity contribution < 1.29 is 4.79 Å². The van der Waals surface area contributed by atoms with Crippen molar-refractivity contribution in [3.63, 3.8) is 0 Å². The van der Waals surface area contributed by atoms with Gasteiger partial charge in [-0.2, -0.15) is 0 Å².